The SMILES string of the molecule is CCn1c(COc2ccc(C)cc2C)nnc1SCC(=O)Nc1ccccc1Cl. The molecule has 6 nitrogen and oxygen atoms in total. The van der Waals surface area contributed by atoms with Gasteiger partial charge in [-0.1, -0.05) is 53.2 Å². The minimum atomic E-state index is -0.151. The Morgan fingerprint density at radius 1 is 1.21 bits per heavy atom. The second-order valence-electron chi connectivity index (χ2n) is 6.52. The number of amides is 1. The first-order valence-corrected chi connectivity index (χ1v) is 10.6. The average molecular weight is 431 g/mol. The van der Waals surface area contributed by atoms with Crippen molar-refractivity contribution >= 4 is 35.0 Å². The van der Waals surface area contributed by atoms with Crippen molar-refractivity contribution in [1.29, 1.82) is 0 Å². The highest BCUT2D eigenvalue weighted by Crippen LogP contribution is 2.23. The number of aromatic nitrogens is 3. The molecule has 0 unspecified atom stereocenters. The molecule has 152 valence electrons. The van der Waals surface area contributed by atoms with E-state index in [1.54, 1.807) is 12.1 Å². The molecule has 29 heavy (non-hydrogen) atoms. The van der Waals surface area contributed by atoms with E-state index in [-0.39, 0.29) is 11.7 Å². The number of anilines is 1. The van der Waals surface area contributed by atoms with Gasteiger partial charge in [0, 0.05) is 6.54 Å². The lowest BCUT2D eigenvalue weighted by atomic mass is 10.1. The first-order valence-electron chi connectivity index (χ1n) is 9.27. The van der Waals surface area contributed by atoms with Crippen LogP contribution in [0.5, 0.6) is 5.75 Å². The summed E-state index contributed by atoms with van der Waals surface area (Å²) in [4.78, 5) is 12.2. The summed E-state index contributed by atoms with van der Waals surface area (Å²) in [6.45, 7) is 7.09. The molecule has 1 heterocycles. The number of thioether (sulfide) groups is 1. The fourth-order valence-corrected chi connectivity index (χ4v) is 3.84. The Morgan fingerprint density at radius 3 is 2.72 bits per heavy atom. The van der Waals surface area contributed by atoms with Crippen LogP contribution >= 0.6 is 23.4 Å². The van der Waals surface area contributed by atoms with Crippen molar-refractivity contribution in [3.05, 3.63) is 64.4 Å². The van der Waals surface area contributed by atoms with Gasteiger partial charge in [0.1, 0.15) is 12.4 Å². The third-order valence-electron chi connectivity index (χ3n) is 4.28. The Hall–Kier alpha value is -2.51. The van der Waals surface area contributed by atoms with Gasteiger partial charge in [0.05, 0.1) is 16.5 Å². The maximum absolute atomic E-state index is 12.2. The van der Waals surface area contributed by atoms with Crippen LogP contribution in [0.2, 0.25) is 5.02 Å². The normalized spacial score (nSPS) is 10.8. The van der Waals surface area contributed by atoms with Crippen LogP contribution in [0.3, 0.4) is 0 Å². The van der Waals surface area contributed by atoms with Gasteiger partial charge in [0.2, 0.25) is 5.91 Å². The van der Waals surface area contributed by atoms with E-state index in [4.69, 9.17) is 16.3 Å². The zero-order chi connectivity index (χ0) is 20.8. The summed E-state index contributed by atoms with van der Waals surface area (Å²) in [5.74, 6) is 1.61. The van der Waals surface area contributed by atoms with E-state index in [1.807, 2.05) is 42.7 Å². The summed E-state index contributed by atoms with van der Waals surface area (Å²) in [6, 6.07) is 13.2. The summed E-state index contributed by atoms with van der Waals surface area (Å²) >= 11 is 7.41. The number of carbonyl (C=O) groups excluding carboxylic acids is 1. The molecule has 0 spiro atoms. The van der Waals surface area contributed by atoms with Crippen LogP contribution in [0.1, 0.15) is 23.9 Å². The zero-order valence-corrected chi connectivity index (χ0v) is 18.2. The number of hydrogen-bond acceptors (Lipinski definition) is 5. The highest BCUT2D eigenvalue weighted by molar-refractivity contribution is 7.99. The van der Waals surface area contributed by atoms with E-state index in [9.17, 15) is 4.79 Å². The van der Waals surface area contributed by atoms with Gasteiger partial charge in [-0.3, -0.25) is 4.79 Å². The van der Waals surface area contributed by atoms with Crippen LogP contribution < -0.4 is 10.1 Å². The van der Waals surface area contributed by atoms with Crippen LogP contribution in [0, 0.1) is 13.8 Å². The van der Waals surface area contributed by atoms with Crippen molar-refractivity contribution in [2.24, 2.45) is 0 Å². The quantitative estimate of drug-likeness (QED) is 0.516. The molecule has 1 amide bonds. The van der Waals surface area contributed by atoms with Crippen molar-refractivity contribution < 1.29 is 9.53 Å². The minimum absolute atomic E-state index is 0.151. The predicted octanol–water partition coefficient (Wildman–Crippen LogP) is 4.88. The monoisotopic (exact) mass is 430 g/mol. The highest BCUT2D eigenvalue weighted by atomic mass is 35.5. The molecule has 0 aliphatic rings. The standard InChI is InChI=1S/C21H23ClN4O2S/c1-4-26-19(12-28-18-10-9-14(2)11-15(18)3)24-25-21(26)29-13-20(27)23-17-8-6-5-7-16(17)22/h5-11H,4,12-13H2,1-3H3,(H,23,27). The number of para-hydroxylation sites is 1. The van der Waals surface area contributed by atoms with Crippen molar-refractivity contribution in [2.45, 2.75) is 39.1 Å². The number of carbonyl (C=O) groups is 1. The minimum Gasteiger partial charge on any atom is -0.485 e. The molecule has 0 atom stereocenters. The van der Waals surface area contributed by atoms with Crippen LogP contribution in [0.25, 0.3) is 0 Å². The fourth-order valence-electron chi connectivity index (χ4n) is 2.83. The third-order valence-corrected chi connectivity index (χ3v) is 5.57. The van der Waals surface area contributed by atoms with Gasteiger partial charge < -0.3 is 14.6 Å². The fraction of sp³-hybridized carbons (Fsp3) is 0.286. The van der Waals surface area contributed by atoms with E-state index >= 15 is 0 Å². The van der Waals surface area contributed by atoms with Crippen molar-refractivity contribution in [3.63, 3.8) is 0 Å². The lowest BCUT2D eigenvalue weighted by Gasteiger charge is -2.11. The van der Waals surface area contributed by atoms with E-state index in [2.05, 4.69) is 28.5 Å². The van der Waals surface area contributed by atoms with E-state index in [1.165, 1.54) is 17.3 Å². The van der Waals surface area contributed by atoms with Gasteiger partial charge in [-0.25, -0.2) is 0 Å². The largest absolute Gasteiger partial charge is 0.485 e. The Morgan fingerprint density at radius 2 is 2.00 bits per heavy atom. The molecular formula is C21H23ClN4O2S. The highest BCUT2D eigenvalue weighted by Gasteiger charge is 2.14. The first-order chi connectivity index (χ1) is 14.0. The molecule has 0 saturated heterocycles. The summed E-state index contributed by atoms with van der Waals surface area (Å²) < 4.78 is 7.88. The molecule has 3 rings (SSSR count). The topological polar surface area (TPSA) is 69.0 Å². The van der Waals surface area contributed by atoms with Gasteiger partial charge in [-0.2, -0.15) is 0 Å². The molecule has 0 bridgehead atoms. The molecule has 0 aliphatic carbocycles. The number of aryl methyl sites for hydroxylation is 2. The second-order valence-corrected chi connectivity index (χ2v) is 7.87. The Bertz CT molecular complexity index is 1010. The molecule has 3 aromatic rings. The molecular weight excluding hydrogens is 408 g/mol. The number of benzene rings is 2. The molecule has 8 heteroatoms. The maximum atomic E-state index is 12.2. The van der Waals surface area contributed by atoms with E-state index in [0.29, 0.717) is 29.0 Å². The predicted molar refractivity (Wildman–Crippen MR) is 117 cm³/mol. The Kier molecular flexibility index (Phi) is 7.17. The number of nitrogens with one attached hydrogen (secondary N) is 1. The number of hydrogen-bond donors (Lipinski definition) is 1. The Labute approximate surface area is 179 Å². The van der Waals surface area contributed by atoms with Crippen molar-refractivity contribution in [2.75, 3.05) is 11.1 Å². The summed E-state index contributed by atoms with van der Waals surface area (Å²) in [7, 11) is 0. The summed E-state index contributed by atoms with van der Waals surface area (Å²) in [5, 5.41) is 12.5. The maximum Gasteiger partial charge on any atom is 0.234 e. The number of rotatable bonds is 8. The molecule has 0 saturated carbocycles. The molecule has 2 aromatic carbocycles. The molecule has 1 aromatic heterocycles. The average Bonchev–Trinajstić information content (AvgIpc) is 3.09. The van der Waals surface area contributed by atoms with Gasteiger partial charge in [-0.05, 0) is 44.5 Å². The number of halogens is 1. The van der Waals surface area contributed by atoms with Crippen LogP contribution in [0.15, 0.2) is 47.6 Å². The lowest BCUT2D eigenvalue weighted by molar-refractivity contribution is -0.113. The van der Waals surface area contributed by atoms with E-state index < -0.39 is 0 Å². The molecule has 1 N–H and O–H groups in total. The van der Waals surface area contributed by atoms with Crippen LogP contribution in [-0.4, -0.2) is 26.4 Å². The van der Waals surface area contributed by atoms with Gasteiger partial charge >= 0.3 is 0 Å². The summed E-state index contributed by atoms with van der Waals surface area (Å²) in [5.41, 5.74) is 2.87. The molecule has 0 radical (unpaired) electrons. The molecule has 0 fully saturated rings. The van der Waals surface area contributed by atoms with Gasteiger partial charge in [0.25, 0.3) is 0 Å². The van der Waals surface area contributed by atoms with Crippen molar-refractivity contribution in [3.8, 4) is 5.75 Å². The van der Waals surface area contributed by atoms with E-state index in [0.717, 1.165) is 17.1 Å². The Balaban J connectivity index is 1.60. The smallest absolute Gasteiger partial charge is 0.234 e. The van der Waals surface area contributed by atoms with Gasteiger partial charge in [0.15, 0.2) is 11.0 Å². The van der Waals surface area contributed by atoms with Gasteiger partial charge in [-0.15, -0.1) is 10.2 Å². The second kappa shape index (κ2) is 9.80. The van der Waals surface area contributed by atoms with Crippen LogP contribution in [-0.2, 0) is 17.9 Å². The lowest BCUT2D eigenvalue weighted by Crippen LogP contribution is -2.15. The number of nitrogens with zero attached hydrogens (tertiary/aromatic N) is 3. The first kappa shape index (κ1) is 21.2. The number of ether oxygens (including phenoxy) is 1. The molecule has 0 aliphatic heterocycles. The van der Waals surface area contributed by atoms with Crippen LogP contribution in [0.4, 0.5) is 5.69 Å². The van der Waals surface area contributed by atoms with Crippen molar-refractivity contribution in [1.82, 2.24) is 14.8 Å². The summed E-state index contributed by atoms with van der Waals surface area (Å²) in [6.07, 6.45) is 0. The third kappa shape index (κ3) is 5.52. The zero-order valence-electron chi connectivity index (χ0n) is 16.6.